The minimum atomic E-state index is -0.714. The smallest absolute Gasteiger partial charge is 0.294 e. The number of nitro groups is 1. The van der Waals surface area contributed by atoms with Crippen molar-refractivity contribution in [3.63, 3.8) is 0 Å². The Morgan fingerprint density at radius 2 is 1.96 bits per heavy atom. The van der Waals surface area contributed by atoms with E-state index in [1.54, 1.807) is 18.2 Å². The first-order chi connectivity index (χ1) is 13.1. The highest BCUT2D eigenvalue weighted by Crippen LogP contribution is 2.36. The van der Waals surface area contributed by atoms with Crippen LogP contribution < -0.4 is 5.32 Å². The van der Waals surface area contributed by atoms with Crippen molar-refractivity contribution in [2.75, 3.05) is 11.9 Å². The van der Waals surface area contributed by atoms with Crippen LogP contribution >= 0.6 is 0 Å². The van der Waals surface area contributed by atoms with Crippen molar-refractivity contribution in [2.24, 2.45) is 0 Å². The third-order valence-electron chi connectivity index (χ3n) is 4.62. The lowest BCUT2D eigenvalue weighted by molar-refractivity contribution is -0.384. The Balaban J connectivity index is 1.97. The van der Waals surface area contributed by atoms with Crippen molar-refractivity contribution in [1.82, 2.24) is 9.78 Å². The number of para-hydroxylation sites is 2. The van der Waals surface area contributed by atoms with Gasteiger partial charge in [0.15, 0.2) is 0 Å². The van der Waals surface area contributed by atoms with Gasteiger partial charge in [-0.1, -0.05) is 12.1 Å². The second-order valence-corrected chi connectivity index (χ2v) is 6.34. The lowest BCUT2D eigenvalue weighted by atomic mass is 10.0. The van der Waals surface area contributed by atoms with E-state index in [1.807, 2.05) is 0 Å². The van der Waals surface area contributed by atoms with Gasteiger partial charge >= 0.3 is 0 Å². The Bertz CT molecular complexity index is 1030. The molecule has 1 aliphatic heterocycles. The molecule has 2 heterocycles. The highest BCUT2D eigenvalue weighted by atomic mass is 19.1. The summed E-state index contributed by atoms with van der Waals surface area (Å²) in [5.41, 5.74) is 1.52. The monoisotopic (exact) mass is 370 g/mol. The van der Waals surface area contributed by atoms with E-state index < -0.39 is 16.6 Å². The van der Waals surface area contributed by atoms with E-state index in [1.165, 1.54) is 22.9 Å². The Morgan fingerprint density at radius 1 is 1.15 bits per heavy atom. The van der Waals surface area contributed by atoms with Gasteiger partial charge in [0, 0.05) is 29.8 Å². The highest BCUT2D eigenvalue weighted by Gasteiger charge is 2.26. The average molecular weight is 370 g/mol. The van der Waals surface area contributed by atoms with E-state index in [4.69, 9.17) is 0 Å². The fourth-order valence-corrected chi connectivity index (χ4v) is 3.37. The van der Waals surface area contributed by atoms with E-state index in [-0.39, 0.29) is 11.3 Å². The van der Waals surface area contributed by atoms with Crippen LogP contribution in [0.25, 0.3) is 16.9 Å². The summed E-state index contributed by atoms with van der Waals surface area (Å²) >= 11 is 0. The van der Waals surface area contributed by atoms with Gasteiger partial charge in [0.2, 0.25) is 0 Å². The molecule has 2 aromatic carbocycles. The average Bonchev–Trinajstić information content (AvgIpc) is 2.83. The molecular formula is C19H16F2N4O2. The van der Waals surface area contributed by atoms with Gasteiger partial charge in [0.25, 0.3) is 5.69 Å². The van der Waals surface area contributed by atoms with Gasteiger partial charge in [-0.3, -0.25) is 10.1 Å². The molecule has 0 spiro atoms. The number of hydrogen-bond donors (Lipinski definition) is 1. The topological polar surface area (TPSA) is 73.0 Å². The first kappa shape index (κ1) is 17.1. The lowest BCUT2D eigenvalue weighted by Crippen LogP contribution is -2.08. The van der Waals surface area contributed by atoms with Crippen LogP contribution in [0.5, 0.6) is 0 Å². The highest BCUT2D eigenvalue weighted by molar-refractivity contribution is 5.72. The van der Waals surface area contributed by atoms with Crippen LogP contribution in [0.4, 0.5) is 20.3 Å². The molecule has 3 aromatic rings. The van der Waals surface area contributed by atoms with Crippen LogP contribution in [0, 0.1) is 21.7 Å². The summed E-state index contributed by atoms with van der Waals surface area (Å²) in [6.45, 7) is 0.685. The molecule has 0 bridgehead atoms. The molecule has 4 rings (SSSR count). The SMILES string of the molecule is O=[N+]([O-])c1ccccc1-n1nc(-c2ccc(F)cc2F)c2c1NCCCC2. The van der Waals surface area contributed by atoms with Crippen LogP contribution in [-0.4, -0.2) is 21.2 Å². The number of fused-ring (bicyclic) bond motifs is 1. The molecule has 1 aromatic heterocycles. The van der Waals surface area contributed by atoms with Gasteiger partial charge in [0.05, 0.1) is 4.92 Å². The second-order valence-electron chi connectivity index (χ2n) is 6.34. The van der Waals surface area contributed by atoms with Crippen LogP contribution in [0.3, 0.4) is 0 Å². The predicted molar refractivity (Wildman–Crippen MR) is 97.0 cm³/mol. The van der Waals surface area contributed by atoms with Crippen molar-refractivity contribution in [3.05, 3.63) is 69.8 Å². The number of anilines is 1. The molecule has 6 nitrogen and oxygen atoms in total. The summed E-state index contributed by atoms with van der Waals surface area (Å²) in [5, 5.41) is 19.2. The molecule has 0 atom stereocenters. The van der Waals surface area contributed by atoms with Crippen molar-refractivity contribution >= 4 is 11.5 Å². The normalized spacial score (nSPS) is 13.6. The van der Waals surface area contributed by atoms with Crippen molar-refractivity contribution in [2.45, 2.75) is 19.3 Å². The van der Waals surface area contributed by atoms with E-state index in [2.05, 4.69) is 10.4 Å². The fraction of sp³-hybridized carbons (Fsp3) is 0.211. The van der Waals surface area contributed by atoms with E-state index in [9.17, 15) is 18.9 Å². The Labute approximate surface area is 153 Å². The molecule has 0 saturated carbocycles. The first-order valence-corrected chi connectivity index (χ1v) is 8.61. The number of nitrogens with zero attached hydrogens (tertiary/aromatic N) is 3. The molecule has 0 unspecified atom stereocenters. The summed E-state index contributed by atoms with van der Waals surface area (Å²) in [6.07, 6.45) is 2.43. The number of aromatic nitrogens is 2. The van der Waals surface area contributed by atoms with Crippen molar-refractivity contribution in [3.8, 4) is 16.9 Å². The lowest BCUT2D eigenvalue weighted by Gasteiger charge is -2.09. The maximum atomic E-state index is 14.4. The summed E-state index contributed by atoms with van der Waals surface area (Å²) in [7, 11) is 0. The Hall–Kier alpha value is -3.29. The summed E-state index contributed by atoms with van der Waals surface area (Å²) in [4.78, 5) is 11.0. The Morgan fingerprint density at radius 3 is 2.74 bits per heavy atom. The maximum absolute atomic E-state index is 14.4. The minimum Gasteiger partial charge on any atom is -0.370 e. The van der Waals surface area contributed by atoms with Crippen LogP contribution in [0.2, 0.25) is 0 Å². The number of benzene rings is 2. The zero-order valence-electron chi connectivity index (χ0n) is 14.3. The molecule has 0 fully saturated rings. The van der Waals surface area contributed by atoms with E-state index >= 15 is 0 Å². The van der Waals surface area contributed by atoms with Gasteiger partial charge in [-0.05, 0) is 37.5 Å². The third-order valence-corrected chi connectivity index (χ3v) is 4.62. The Kier molecular flexibility index (Phi) is 4.31. The standard InChI is InChI=1S/C19H16F2N4O2/c20-12-8-9-13(15(21)11-12)18-14-5-3-4-10-22-19(14)24(23-18)16-6-1-2-7-17(16)25(26)27/h1-2,6-9,11,22H,3-5,10H2. The summed E-state index contributed by atoms with van der Waals surface area (Å²) in [5.74, 6) is -0.770. The molecule has 138 valence electrons. The summed E-state index contributed by atoms with van der Waals surface area (Å²) < 4.78 is 29.2. The molecule has 0 radical (unpaired) electrons. The largest absolute Gasteiger partial charge is 0.370 e. The number of nitro benzene ring substituents is 1. The third kappa shape index (κ3) is 3.03. The minimum absolute atomic E-state index is 0.0972. The van der Waals surface area contributed by atoms with Crippen molar-refractivity contribution in [1.29, 1.82) is 0 Å². The number of rotatable bonds is 3. The van der Waals surface area contributed by atoms with Crippen LogP contribution in [0.15, 0.2) is 42.5 Å². The first-order valence-electron chi connectivity index (χ1n) is 8.61. The molecule has 1 aliphatic rings. The quantitative estimate of drug-likeness (QED) is 0.545. The molecule has 8 heteroatoms. The van der Waals surface area contributed by atoms with E-state index in [0.29, 0.717) is 30.2 Å². The zero-order valence-corrected chi connectivity index (χ0v) is 14.3. The molecular weight excluding hydrogens is 354 g/mol. The summed E-state index contributed by atoms with van der Waals surface area (Å²) in [6, 6.07) is 9.61. The van der Waals surface area contributed by atoms with Crippen LogP contribution in [-0.2, 0) is 6.42 Å². The van der Waals surface area contributed by atoms with Gasteiger partial charge in [-0.2, -0.15) is 5.10 Å². The molecule has 27 heavy (non-hydrogen) atoms. The van der Waals surface area contributed by atoms with Gasteiger partial charge in [0.1, 0.15) is 28.8 Å². The van der Waals surface area contributed by atoms with Crippen molar-refractivity contribution < 1.29 is 13.7 Å². The maximum Gasteiger partial charge on any atom is 0.294 e. The zero-order chi connectivity index (χ0) is 19.0. The molecule has 1 N–H and O–H groups in total. The molecule has 0 saturated heterocycles. The van der Waals surface area contributed by atoms with Gasteiger partial charge < -0.3 is 5.32 Å². The van der Waals surface area contributed by atoms with Crippen LogP contribution in [0.1, 0.15) is 18.4 Å². The number of halogens is 2. The second kappa shape index (κ2) is 6.79. The van der Waals surface area contributed by atoms with Gasteiger partial charge in [-0.15, -0.1) is 0 Å². The van der Waals surface area contributed by atoms with E-state index in [0.717, 1.165) is 24.5 Å². The fourth-order valence-electron chi connectivity index (χ4n) is 3.37. The molecule has 0 amide bonds. The number of hydrogen-bond acceptors (Lipinski definition) is 4. The number of nitrogens with one attached hydrogen (secondary N) is 1. The predicted octanol–water partition coefficient (Wildman–Crippen LogP) is 4.47. The van der Waals surface area contributed by atoms with Gasteiger partial charge in [-0.25, -0.2) is 13.5 Å². The molecule has 0 aliphatic carbocycles.